The Labute approximate surface area is 60.6 Å². The molecule has 0 spiro atoms. The van der Waals surface area contributed by atoms with Crippen LogP contribution in [0.5, 0.6) is 0 Å². The second-order valence-electron chi connectivity index (χ2n) is 2.67. The minimum absolute atomic E-state index is 0.229. The van der Waals surface area contributed by atoms with E-state index in [0.717, 1.165) is 31.1 Å². The Bertz CT molecular complexity index is 149. The van der Waals surface area contributed by atoms with Crippen molar-refractivity contribution >= 4 is 6.29 Å². The monoisotopic (exact) mass is 140 g/mol. The average molecular weight is 140 g/mol. The van der Waals surface area contributed by atoms with Gasteiger partial charge in [0.2, 0.25) is 0 Å². The summed E-state index contributed by atoms with van der Waals surface area (Å²) in [7, 11) is 0. The summed E-state index contributed by atoms with van der Waals surface area (Å²) in [5.74, 6) is 0.449. The summed E-state index contributed by atoms with van der Waals surface area (Å²) in [5.41, 5.74) is 0.901. The summed E-state index contributed by atoms with van der Waals surface area (Å²) in [6.07, 6.45) is 5.63. The largest absolute Gasteiger partial charge is 0.396 e. The van der Waals surface area contributed by atoms with Crippen LogP contribution < -0.4 is 0 Å². The maximum Gasteiger partial charge on any atom is 0.145 e. The maximum absolute atomic E-state index is 10.2. The van der Waals surface area contributed by atoms with E-state index in [1.54, 1.807) is 0 Å². The van der Waals surface area contributed by atoms with Gasteiger partial charge in [-0.3, -0.25) is 4.79 Å². The maximum atomic E-state index is 10.2. The first-order valence-electron chi connectivity index (χ1n) is 3.63. The van der Waals surface area contributed by atoms with Crippen LogP contribution in [-0.4, -0.2) is 18.0 Å². The highest BCUT2D eigenvalue weighted by Crippen LogP contribution is 2.24. The lowest BCUT2D eigenvalue weighted by atomic mass is 10.1. The Morgan fingerprint density at radius 2 is 2.60 bits per heavy atom. The topological polar surface area (TPSA) is 37.3 Å². The molecule has 0 aromatic carbocycles. The molecule has 0 amide bonds. The van der Waals surface area contributed by atoms with Gasteiger partial charge in [-0.2, -0.15) is 0 Å². The van der Waals surface area contributed by atoms with Crippen molar-refractivity contribution in [3.63, 3.8) is 0 Å². The van der Waals surface area contributed by atoms with E-state index in [1.807, 2.05) is 6.08 Å². The van der Waals surface area contributed by atoms with Crippen LogP contribution in [0.15, 0.2) is 11.6 Å². The fraction of sp³-hybridized carbons (Fsp3) is 0.625. The highest BCUT2D eigenvalue weighted by Gasteiger charge is 2.13. The molecule has 0 saturated heterocycles. The van der Waals surface area contributed by atoms with Crippen molar-refractivity contribution < 1.29 is 9.90 Å². The first-order chi connectivity index (χ1) is 4.86. The van der Waals surface area contributed by atoms with Crippen LogP contribution in [0.3, 0.4) is 0 Å². The molecule has 1 N–H and O–H groups in total. The smallest absolute Gasteiger partial charge is 0.145 e. The van der Waals surface area contributed by atoms with Gasteiger partial charge in [0.05, 0.1) is 0 Å². The Hall–Kier alpha value is -0.630. The molecule has 2 heteroatoms. The minimum atomic E-state index is 0.229. The standard InChI is InChI=1S/C8H12O2/c9-4-3-7-1-2-8(5-7)6-10/h5-7,9H,1-4H2/t7-/m1/s1. The van der Waals surface area contributed by atoms with Gasteiger partial charge in [0.25, 0.3) is 0 Å². The van der Waals surface area contributed by atoms with E-state index in [9.17, 15) is 4.79 Å². The van der Waals surface area contributed by atoms with Gasteiger partial charge in [-0.1, -0.05) is 6.08 Å². The van der Waals surface area contributed by atoms with Crippen LogP contribution >= 0.6 is 0 Å². The van der Waals surface area contributed by atoms with Gasteiger partial charge in [-0.05, 0) is 30.8 Å². The molecule has 0 heterocycles. The van der Waals surface area contributed by atoms with E-state index < -0.39 is 0 Å². The van der Waals surface area contributed by atoms with E-state index in [-0.39, 0.29) is 6.61 Å². The average Bonchev–Trinajstić information content (AvgIpc) is 2.37. The van der Waals surface area contributed by atoms with E-state index >= 15 is 0 Å². The number of aliphatic hydroxyl groups excluding tert-OH is 1. The molecule has 1 atom stereocenters. The van der Waals surface area contributed by atoms with Crippen molar-refractivity contribution in [2.75, 3.05) is 6.61 Å². The lowest BCUT2D eigenvalue weighted by Crippen LogP contribution is -1.94. The number of rotatable bonds is 3. The molecular formula is C8H12O2. The quantitative estimate of drug-likeness (QED) is 0.591. The molecular weight excluding hydrogens is 128 g/mol. The lowest BCUT2D eigenvalue weighted by Gasteiger charge is -2.00. The zero-order valence-corrected chi connectivity index (χ0v) is 5.92. The summed E-state index contributed by atoms with van der Waals surface area (Å²) < 4.78 is 0. The number of hydrogen-bond donors (Lipinski definition) is 1. The number of carbonyl (C=O) groups is 1. The third-order valence-electron chi connectivity index (χ3n) is 1.90. The first kappa shape index (κ1) is 7.48. The minimum Gasteiger partial charge on any atom is -0.396 e. The molecule has 0 fully saturated rings. The van der Waals surface area contributed by atoms with Gasteiger partial charge in [-0.25, -0.2) is 0 Å². The van der Waals surface area contributed by atoms with Gasteiger partial charge in [0.1, 0.15) is 6.29 Å². The van der Waals surface area contributed by atoms with Crippen LogP contribution in [0, 0.1) is 5.92 Å². The number of aldehydes is 1. The van der Waals surface area contributed by atoms with Gasteiger partial charge >= 0.3 is 0 Å². The van der Waals surface area contributed by atoms with E-state index in [2.05, 4.69) is 0 Å². The van der Waals surface area contributed by atoms with Gasteiger partial charge in [0, 0.05) is 6.61 Å². The molecule has 1 aliphatic carbocycles. The molecule has 10 heavy (non-hydrogen) atoms. The highest BCUT2D eigenvalue weighted by molar-refractivity contribution is 5.73. The molecule has 0 bridgehead atoms. The Morgan fingerprint density at radius 3 is 3.10 bits per heavy atom. The van der Waals surface area contributed by atoms with Crippen molar-refractivity contribution in [3.8, 4) is 0 Å². The number of carbonyl (C=O) groups excluding carboxylic acids is 1. The van der Waals surface area contributed by atoms with Crippen molar-refractivity contribution in [2.24, 2.45) is 5.92 Å². The molecule has 0 aromatic heterocycles. The first-order valence-corrected chi connectivity index (χ1v) is 3.63. The zero-order chi connectivity index (χ0) is 7.40. The molecule has 0 radical (unpaired) electrons. The molecule has 0 saturated carbocycles. The predicted molar refractivity (Wildman–Crippen MR) is 38.6 cm³/mol. The second-order valence-corrected chi connectivity index (χ2v) is 2.67. The van der Waals surface area contributed by atoms with Gasteiger partial charge in [0.15, 0.2) is 0 Å². The predicted octanol–water partition coefficient (Wildman–Crippen LogP) is 0.904. The van der Waals surface area contributed by atoms with Crippen LogP contribution in [-0.2, 0) is 4.79 Å². The lowest BCUT2D eigenvalue weighted by molar-refractivity contribution is -0.105. The van der Waals surface area contributed by atoms with Crippen molar-refractivity contribution in [1.29, 1.82) is 0 Å². The summed E-state index contributed by atoms with van der Waals surface area (Å²) >= 11 is 0. The fourth-order valence-corrected chi connectivity index (χ4v) is 1.31. The Kier molecular flexibility index (Phi) is 2.63. The van der Waals surface area contributed by atoms with Crippen molar-refractivity contribution in [2.45, 2.75) is 19.3 Å². The highest BCUT2D eigenvalue weighted by atomic mass is 16.3. The molecule has 0 aliphatic heterocycles. The molecule has 2 nitrogen and oxygen atoms in total. The summed E-state index contributed by atoms with van der Waals surface area (Å²) in [5, 5.41) is 8.57. The van der Waals surface area contributed by atoms with Crippen LogP contribution in [0.25, 0.3) is 0 Å². The molecule has 1 aliphatic rings. The summed E-state index contributed by atoms with van der Waals surface area (Å²) in [6.45, 7) is 0.229. The molecule has 56 valence electrons. The van der Waals surface area contributed by atoms with Crippen LogP contribution in [0.1, 0.15) is 19.3 Å². The SMILES string of the molecule is O=CC1=C[C@@H](CCO)CC1. The van der Waals surface area contributed by atoms with E-state index in [1.165, 1.54) is 0 Å². The number of hydrogen-bond acceptors (Lipinski definition) is 2. The zero-order valence-electron chi connectivity index (χ0n) is 5.92. The molecule has 0 aromatic rings. The van der Waals surface area contributed by atoms with Crippen LogP contribution in [0.4, 0.5) is 0 Å². The molecule has 1 rings (SSSR count). The Balaban J connectivity index is 2.38. The van der Waals surface area contributed by atoms with Crippen molar-refractivity contribution in [1.82, 2.24) is 0 Å². The number of aliphatic hydroxyl groups is 1. The fourth-order valence-electron chi connectivity index (χ4n) is 1.31. The van der Waals surface area contributed by atoms with Crippen LogP contribution in [0.2, 0.25) is 0 Å². The summed E-state index contributed by atoms with van der Waals surface area (Å²) in [6, 6.07) is 0. The van der Waals surface area contributed by atoms with Gasteiger partial charge < -0.3 is 5.11 Å². The molecule has 0 unspecified atom stereocenters. The third-order valence-corrected chi connectivity index (χ3v) is 1.90. The van der Waals surface area contributed by atoms with Gasteiger partial charge in [-0.15, -0.1) is 0 Å². The second kappa shape index (κ2) is 3.52. The Morgan fingerprint density at radius 1 is 1.80 bits per heavy atom. The van der Waals surface area contributed by atoms with Crippen molar-refractivity contribution in [3.05, 3.63) is 11.6 Å². The third kappa shape index (κ3) is 1.67. The number of allylic oxidation sites excluding steroid dienone is 2. The van der Waals surface area contributed by atoms with E-state index in [4.69, 9.17) is 5.11 Å². The normalized spacial score (nSPS) is 24.5. The summed E-state index contributed by atoms with van der Waals surface area (Å²) in [4.78, 5) is 10.2. The van der Waals surface area contributed by atoms with E-state index in [0.29, 0.717) is 5.92 Å².